The first-order valence-electron chi connectivity index (χ1n) is 8.23. The Morgan fingerprint density at radius 3 is 2.46 bits per heavy atom. The Kier molecular flexibility index (Phi) is 5.35. The molecule has 0 saturated carbocycles. The van der Waals surface area contributed by atoms with Crippen LogP contribution in [0.3, 0.4) is 0 Å². The normalized spacial score (nSPS) is 10.9. The van der Waals surface area contributed by atoms with E-state index in [0.717, 1.165) is 22.9 Å². The fourth-order valence-corrected chi connectivity index (χ4v) is 3.37. The van der Waals surface area contributed by atoms with Crippen molar-refractivity contribution in [3.8, 4) is 0 Å². The number of anilines is 1. The Bertz CT molecular complexity index is 1040. The molecule has 0 bridgehead atoms. The first-order chi connectivity index (χ1) is 12.4. The second-order valence-electron chi connectivity index (χ2n) is 6.18. The molecule has 1 aromatic heterocycles. The largest absolute Gasteiger partial charge is 0.383 e. The van der Waals surface area contributed by atoms with Crippen molar-refractivity contribution in [2.75, 3.05) is 11.9 Å². The minimum atomic E-state index is -0.438. The summed E-state index contributed by atoms with van der Waals surface area (Å²) >= 11 is 12.2. The molecule has 0 unspecified atom stereocenters. The summed E-state index contributed by atoms with van der Waals surface area (Å²) in [7, 11) is 0. The van der Waals surface area contributed by atoms with Crippen LogP contribution >= 0.6 is 23.2 Å². The second-order valence-corrected chi connectivity index (χ2v) is 7.02. The predicted octanol–water partition coefficient (Wildman–Crippen LogP) is 5.00. The zero-order valence-electron chi connectivity index (χ0n) is 14.5. The van der Waals surface area contributed by atoms with Crippen LogP contribution in [0.25, 0.3) is 10.9 Å². The standard InChI is InChI=1S/C20H18Cl2N2O2/c1-11-3-8-15(22)18-16(11)19(17(12(2)25)20(26)24-18)23-10-9-13-4-6-14(21)7-5-13/h3-8H,9-10H2,1-2H3,(H2,23,24,26). The van der Waals surface area contributed by atoms with Gasteiger partial charge < -0.3 is 10.3 Å². The lowest BCUT2D eigenvalue weighted by molar-refractivity contribution is 0.101. The Morgan fingerprint density at radius 2 is 1.81 bits per heavy atom. The number of rotatable bonds is 5. The highest BCUT2D eigenvalue weighted by atomic mass is 35.5. The van der Waals surface area contributed by atoms with Crippen molar-refractivity contribution in [3.63, 3.8) is 0 Å². The first kappa shape index (κ1) is 18.5. The Labute approximate surface area is 161 Å². The van der Waals surface area contributed by atoms with Crippen LogP contribution in [0.1, 0.15) is 28.4 Å². The van der Waals surface area contributed by atoms with Gasteiger partial charge in [0.15, 0.2) is 5.78 Å². The number of aromatic amines is 1. The molecule has 2 N–H and O–H groups in total. The van der Waals surface area contributed by atoms with E-state index in [9.17, 15) is 9.59 Å². The third-order valence-electron chi connectivity index (χ3n) is 4.31. The summed E-state index contributed by atoms with van der Waals surface area (Å²) in [5, 5.41) is 5.17. The highest BCUT2D eigenvalue weighted by Crippen LogP contribution is 2.31. The van der Waals surface area contributed by atoms with Gasteiger partial charge >= 0.3 is 0 Å². The summed E-state index contributed by atoms with van der Waals surface area (Å²) in [4.78, 5) is 27.3. The number of Topliss-reactive ketones (excluding diaryl/α,β-unsaturated/α-hetero) is 1. The molecule has 0 atom stereocenters. The van der Waals surface area contributed by atoms with Gasteiger partial charge in [0, 0.05) is 17.0 Å². The topological polar surface area (TPSA) is 62.0 Å². The highest BCUT2D eigenvalue weighted by Gasteiger charge is 2.18. The van der Waals surface area contributed by atoms with Crippen LogP contribution < -0.4 is 10.9 Å². The summed E-state index contributed by atoms with van der Waals surface area (Å²) in [5.41, 5.74) is 2.79. The Balaban J connectivity index is 2.03. The first-order valence-corrected chi connectivity index (χ1v) is 8.98. The quantitative estimate of drug-likeness (QED) is 0.604. The maximum atomic E-state index is 12.4. The molecule has 0 radical (unpaired) electrons. The SMILES string of the molecule is CC(=O)c1c(NCCc2ccc(Cl)cc2)c2c(C)ccc(Cl)c2[nH]c1=O. The van der Waals surface area contributed by atoms with Crippen molar-refractivity contribution in [1.82, 2.24) is 4.98 Å². The van der Waals surface area contributed by atoms with Crippen LogP contribution in [0.5, 0.6) is 0 Å². The van der Waals surface area contributed by atoms with Crippen molar-refractivity contribution in [2.24, 2.45) is 0 Å². The number of benzene rings is 2. The maximum Gasteiger partial charge on any atom is 0.261 e. The smallest absolute Gasteiger partial charge is 0.261 e. The van der Waals surface area contributed by atoms with Gasteiger partial charge in [0.25, 0.3) is 5.56 Å². The molecule has 0 spiro atoms. The molecule has 0 saturated heterocycles. The van der Waals surface area contributed by atoms with Crippen molar-refractivity contribution in [3.05, 3.63) is 73.5 Å². The van der Waals surface area contributed by atoms with Gasteiger partial charge in [-0.15, -0.1) is 0 Å². The number of nitrogens with one attached hydrogen (secondary N) is 2. The molecule has 0 aliphatic heterocycles. The summed E-state index contributed by atoms with van der Waals surface area (Å²) in [5.74, 6) is -0.290. The average molecular weight is 389 g/mol. The van der Waals surface area contributed by atoms with Gasteiger partial charge in [-0.05, 0) is 49.6 Å². The van der Waals surface area contributed by atoms with Crippen LogP contribution in [-0.2, 0) is 6.42 Å². The number of aromatic nitrogens is 1. The van der Waals surface area contributed by atoms with Gasteiger partial charge in [-0.25, -0.2) is 0 Å². The molecule has 4 nitrogen and oxygen atoms in total. The number of fused-ring (bicyclic) bond motifs is 1. The van der Waals surface area contributed by atoms with Crippen molar-refractivity contribution < 1.29 is 4.79 Å². The van der Waals surface area contributed by atoms with E-state index in [1.807, 2.05) is 37.3 Å². The lowest BCUT2D eigenvalue weighted by Crippen LogP contribution is -2.21. The minimum Gasteiger partial charge on any atom is -0.383 e. The third-order valence-corrected chi connectivity index (χ3v) is 4.88. The van der Waals surface area contributed by atoms with E-state index in [4.69, 9.17) is 23.2 Å². The van der Waals surface area contributed by atoms with E-state index >= 15 is 0 Å². The van der Waals surface area contributed by atoms with Gasteiger partial charge in [0.2, 0.25) is 0 Å². The number of pyridine rings is 1. The highest BCUT2D eigenvalue weighted by molar-refractivity contribution is 6.35. The van der Waals surface area contributed by atoms with E-state index in [1.54, 1.807) is 6.07 Å². The summed E-state index contributed by atoms with van der Waals surface area (Å²) in [6.07, 6.45) is 0.725. The van der Waals surface area contributed by atoms with Crippen LogP contribution in [0.2, 0.25) is 10.0 Å². The molecular formula is C20H18Cl2N2O2. The van der Waals surface area contributed by atoms with Crippen molar-refractivity contribution in [1.29, 1.82) is 0 Å². The Hall–Kier alpha value is -2.30. The van der Waals surface area contributed by atoms with E-state index in [-0.39, 0.29) is 11.3 Å². The molecule has 0 fully saturated rings. The summed E-state index contributed by atoms with van der Waals surface area (Å²) in [6, 6.07) is 11.2. The van der Waals surface area contributed by atoms with E-state index in [2.05, 4.69) is 10.3 Å². The zero-order valence-corrected chi connectivity index (χ0v) is 16.0. The van der Waals surface area contributed by atoms with Crippen LogP contribution in [0, 0.1) is 6.92 Å². The second kappa shape index (κ2) is 7.52. The molecular weight excluding hydrogens is 371 g/mol. The molecule has 0 amide bonds. The van der Waals surface area contributed by atoms with E-state index in [0.29, 0.717) is 27.8 Å². The number of hydrogen-bond donors (Lipinski definition) is 2. The summed E-state index contributed by atoms with van der Waals surface area (Å²) < 4.78 is 0. The van der Waals surface area contributed by atoms with Gasteiger partial charge in [0.05, 0.1) is 16.2 Å². The number of halogens is 2. The lowest BCUT2D eigenvalue weighted by Gasteiger charge is -2.15. The predicted molar refractivity (Wildman–Crippen MR) is 108 cm³/mol. The number of hydrogen-bond acceptors (Lipinski definition) is 3. The van der Waals surface area contributed by atoms with Crippen LogP contribution in [-0.4, -0.2) is 17.3 Å². The van der Waals surface area contributed by atoms with Crippen LogP contribution in [0.4, 0.5) is 5.69 Å². The number of ketones is 1. The van der Waals surface area contributed by atoms with Gasteiger partial charge in [-0.1, -0.05) is 41.4 Å². The number of carbonyl (C=O) groups excluding carboxylic acids is 1. The molecule has 134 valence electrons. The molecule has 0 aliphatic carbocycles. The molecule has 3 aromatic rings. The molecule has 0 aliphatic rings. The third kappa shape index (κ3) is 3.62. The zero-order chi connectivity index (χ0) is 18.8. The Morgan fingerprint density at radius 1 is 1.12 bits per heavy atom. The van der Waals surface area contributed by atoms with Gasteiger partial charge in [0.1, 0.15) is 5.56 Å². The van der Waals surface area contributed by atoms with E-state index in [1.165, 1.54) is 6.92 Å². The summed E-state index contributed by atoms with van der Waals surface area (Å²) in [6.45, 7) is 3.87. The van der Waals surface area contributed by atoms with Crippen molar-refractivity contribution >= 4 is 45.6 Å². The number of carbonyl (C=O) groups is 1. The average Bonchev–Trinajstić information content (AvgIpc) is 2.59. The minimum absolute atomic E-state index is 0.124. The molecule has 6 heteroatoms. The molecule has 3 rings (SSSR count). The maximum absolute atomic E-state index is 12.4. The lowest BCUT2D eigenvalue weighted by atomic mass is 10.0. The fourth-order valence-electron chi connectivity index (χ4n) is 3.04. The monoisotopic (exact) mass is 388 g/mol. The van der Waals surface area contributed by atoms with E-state index < -0.39 is 5.56 Å². The fraction of sp³-hybridized carbons (Fsp3) is 0.200. The van der Waals surface area contributed by atoms with Gasteiger partial charge in [-0.3, -0.25) is 9.59 Å². The number of H-pyrrole nitrogens is 1. The number of aryl methyl sites for hydroxylation is 1. The molecule has 2 aromatic carbocycles. The molecule has 26 heavy (non-hydrogen) atoms. The molecule has 1 heterocycles. The van der Waals surface area contributed by atoms with Crippen molar-refractivity contribution in [2.45, 2.75) is 20.3 Å². The van der Waals surface area contributed by atoms with Crippen LogP contribution in [0.15, 0.2) is 41.2 Å². The van der Waals surface area contributed by atoms with Gasteiger partial charge in [-0.2, -0.15) is 0 Å².